The van der Waals surface area contributed by atoms with E-state index < -0.39 is 0 Å². The minimum Gasteiger partial charge on any atom is -0.314 e. The number of nitrogens with one attached hydrogen (secondary N) is 1. The number of benzene rings is 1. The molecule has 0 saturated heterocycles. The maximum atomic E-state index is 3.70. The van der Waals surface area contributed by atoms with Gasteiger partial charge in [0.1, 0.15) is 0 Å². The van der Waals surface area contributed by atoms with Gasteiger partial charge in [-0.3, -0.25) is 0 Å². The maximum absolute atomic E-state index is 3.70. The van der Waals surface area contributed by atoms with E-state index in [-0.39, 0.29) is 0 Å². The van der Waals surface area contributed by atoms with E-state index in [1.165, 1.54) is 56.9 Å². The Morgan fingerprint density at radius 2 is 1.84 bits per heavy atom. The second kappa shape index (κ2) is 8.37. The molecule has 19 heavy (non-hydrogen) atoms. The van der Waals surface area contributed by atoms with Gasteiger partial charge < -0.3 is 5.32 Å². The van der Waals surface area contributed by atoms with Gasteiger partial charge in [0.05, 0.1) is 0 Å². The molecule has 1 saturated carbocycles. The molecule has 0 aromatic heterocycles. The van der Waals surface area contributed by atoms with E-state index in [0.717, 1.165) is 12.5 Å². The Labute approximate surface area is 118 Å². The van der Waals surface area contributed by atoms with E-state index in [2.05, 4.69) is 42.6 Å². The molecule has 1 nitrogen and oxygen atoms in total. The van der Waals surface area contributed by atoms with E-state index in [9.17, 15) is 0 Å². The molecule has 1 aliphatic carbocycles. The number of aryl methyl sites for hydroxylation is 1. The first-order valence-corrected chi connectivity index (χ1v) is 8.15. The van der Waals surface area contributed by atoms with Crippen molar-refractivity contribution in [2.24, 2.45) is 5.92 Å². The first kappa shape index (κ1) is 14.6. The molecule has 0 spiro atoms. The summed E-state index contributed by atoms with van der Waals surface area (Å²) >= 11 is 0. The highest BCUT2D eigenvalue weighted by atomic mass is 14.9. The fourth-order valence-electron chi connectivity index (χ4n) is 3.40. The van der Waals surface area contributed by atoms with Crippen molar-refractivity contribution in [2.75, 3.05) is 6.54 Å². The second-order valence-corrected chi connectivity index (χ2v) is 6.02. The predicted octanol–water partition coefficient (Wildman–Crippen LogP) is 4.57. The van der Waals surface area contributed by atoms with E-state index >= 15 is 0 Å². The van der Waals surface area contributed by atoms with Crippen LogP contribution in [0, 0.1) is 5.92 Å². The molecule has 1 heteroatoms. The molecule has 106 valence electrons. The number of hydrogen-bond acceptors (Lipinski definition) is 1. The zero-order chi connectivity index (χ0) is 13.3. The SMILES string of the molecule is CCNC(CCc1ccccc1)CC1CCCCC1. The minimum absolute atomic E-state index is 0.716. The van der Waals surface area contributed by atoms with Crippen LogP contribution in [0.15, 0.2) is 30.3 Å². The highest BCUT2D eigenvalue weighted by Gasteiger charge is 2.18. The van der Waals surface area contributed by atoms with Crippen molar-refractivity contribution in [1.82, 2.24) is 5.32 Å². The lowest BCUT2D eigenvalue weighted by Crippen LogP contribution is -2.32. The standard InChI is InChI=1S/C18H29N/c1-2-19-18(15-17-11-7-4-8-12-17)14-13-16-9-5-3-6-10-16/h3,5-6,9-10,17-19H,2,4,7-8,11-15H2,1H3. The van der Waals surface area contributed by atoms with Gasteiger partial charge in [-0.15, -0.1) is 0 Å². The molecule has 1 aromatic rings. The monoisotopic (exact) mass is 259 g/mol. The van der Waals surface area contributed by atoms with Crippen LogP contribution in [0.25, 0.3) is 0 Å². The van der Waals surface area contributed by atoms with Crippen molar-refractivity contribution >= 4 is 0 Å². The molecule has 1 aromatic carbocycles. The second-order valence-electron chi connectivity index (χ2n) is 6.02. The predicted molar refractivity (Wildman–Crippen MR) is 83.4 cm³/mol. The molecule has 0 radical (unpaired) electrons. The van der Waals surface area contributed by atoms with Crippen molar-refractivity contribution in [3.63, 3.8) is 0 Å². The van der Waals surface area contributed by atoms with E-state index in [4.69, 9.17) is 0 Å². The van der Waals surface area contributed by atoms with E-state index in [0.29, 0.717) is 6.04 Å². The lowest BCUT2D eigenvalue weighted by atomic mass is 9.83. The third kappa shape index (κ3) is 5.36. The Morgan fingerprint density at radius 3 is 2.53 bits per heavy atom. The van der Waals surface area contributed by atoms with Crippen molar-refractivity contribution in [2.45, 2.75) is 64.3 Å². The van der Waals surface area contributed by atoms with Gasteiger partial charge in [0.25, 0.3) is 0 Å². The van der Waals surface area contributed by atoms with Crippen molar-refractivity contribution in [3.05, 3.63) is 35.9 Å². The molecule has 1 aliphatic rings. The van der Waals surface area contributed by atoms with E-state index in [1.54, 1.807) is 0 Å². The van der Waals surface area contributed by atoms with Gasteiger partial charge in [-0.2, -0.15) is 0 Å². The fourth-order valence-corrected chi connectivity index (χ4v) is 3.40. The molecule has 1 fully saturated rings. The molecule has 1 atom stereocenters. The van der Waals surface area contributed by atoms with Crippen LogP contribution in [0.3, 0.4) is 0 Å². The van der Waals surface area contributed by atoms with Crippen molar-refractivity contribution in [1.29, 1.82) is 0 Å². The maximum Gasteiger partial charge on any atom is 0.00727 e. The van der Waals surface area contributed by atoms with Crippen LogP contribution in [0.2, 0.25) is 0 Å². The molecule has 1 unspecified atom stereocenters. The van der Waals surface area contributed by atoms with Crippen LogP contribution in [-0.2, 0) is 6.42 Å². The quantitative estimate of drug-likeness (QED) is 0.756. The summed E-state index contributed by atoms with van der Waals surface area (Å²) in [6, 6.07) is 11.6. The Kier molecular flexibility index (Phi) is 6.43. The van der Waals surface area contributed by atoms with Crippen LogP contribution in [0.4, 0.5) is 0 Å². The van der Waals surface area contributed by atoms with Gasteiger partial charge in [-0.25, -0.2) is 0 Å². The van der Waals surface area contributed by atoms with Gasteiger partial charge in [0, 0.05) is 6.04 Å². The molecule has 2 rings (SSSR count). The topological polar surface area (TPSA) is 12.0 Å². The fraction of sp³-hybridized carbons (Fsp3) is 0.667. The molecule has 0 amide bonds. The molecular formula is C18H29N. The zero-order valence-electron chi connectivity index (χ0n) is 12.4. The lowest BCUT2D eigenvalue weighted by molar-refractivity contribution is 0.292. The summed E-state index contributed by atoms with van der Waals surface area (Å²) in [6.45, 7) is 3.34. The third-order valence-corrected chi connectivity index (χ3v) is 4.46. The molecule has 0 heterocycles. The summed E-state index contributed by atoms with van der Waals surface area (Å²) in [7, 11) is 0. The van der Waals surface area contributed by atoms with Crippen LogP contribution < -0.4 is 5.32 Å². The normalized spacial score (nSPS) is 18.4. The molecular weight excluding hydrogens is 230 g/mol. The third-order valence-electron chi connectivity index (χ3n) is 4.46. The number of hydrogen-bond donors (Lipinski definition) is 1. The smallest absolute Gasteiger partial charge is 0.00727 e. The summed E-state index contributed by atoms with van der Waals surface area (Å²) in [5.41, 5.74) is 1.48. The molecule has 0 aliphatic heterocycles. The Balaban J connectivity index is 1.78. The van der Waals surface area contributed by atoms with Crippen LogP contribution in [0.1, 0.15) is 57.4 Å². The van der Waals surface area contributed by atoms with Crippen LogP contribution >= 0.6 is 0 Å². The zero-order valence-corrected chi connectivity index (χ0v) is 12.4. The highest BCUT2D eigenvalue weighted by molar-refractivity contribution is 5.14. The van der Waals surface area contributed by atoms with Crippen molar-refractivity contribution in [3.8, 4) is 0 Å². The summed E-state index contributed by atoms with van der Waals surface area (Å²) in [5, 5.41) is 3.70. The molecule has 1 N–H and O–H groups in total. The summed E-state index contributed by atoms with van der Waals surface area (Å²) in [4.78, 5) is 0. The summed E-state index contributed by atoms with van der Waals surface area (Å²) in [6.07, 6.45) is 11.2. The van der Waals surface area contributed by atoms with Crippen molar-refractivity contribution < 1.29 is 0 Å². The van der Waals surface area contributed by atoms with Gasteiger partial charge in [0.2, 0.25) is 0 Å². The first-order valence-electron chi connectivity index (χ1n) is 8.15. The Bertz CT molecular complexity index is 327. The largest absolute Gasteiger partial charge is 0.314 e. The average molecular weight is 259 g/mol. The Hall–Kier alpha value is -0.820. The highest BCUT2D eigenvalue weighted by Crippen LogP contribution is 2.28. The van der Waals surface area contributed by atoms with E-state index in [1.807, 2.05) is 0 Å². The van der Waals surface area contributed by atoms with Gasteiger partial charge in [0.15, 0.2) is 0 Å². The summed E-state index contributed by atoms with van der Waals surface area (Å²) < 4.78 is 0. The molecule has 0 bridgehead atoms. The summed E-state index contributed by atoms with van der Waals surface area (Å²) in [5.74, 6) is 0.980. The first-order chi connectivity index (χ1) is 9.38. The van der Waals surface area contributed by atoms with Crippen LogP contribution in [-0.4, -0.2) is 12.6 Å². The van der Waals surface area contributed by atoms with Crippen LogP contribution in [0.5, 0.6) is 0 Å². The minimum atomic E-state index is 0.716. The van der Waals surface area contributed by atoms with Gasteiger partial charge >= 0.3 is 0 Å². The Morgan fingerprint density at radius 1 is 1.11 bits per heavy atom. The van der Waals surface area contributed by atoms with Gasteiger partial charge in [-0.1, -0.05) is 69.4 Å². The number of rotatable bonds is 7. The van der Waals surface area contributed by atoms with Gasteiger partial charge in [-0.05, 0) is 37.3 Å². The average Bonchev–Trinajstić information content (AvgIpc) is 2.47. The lowest BCUT2D eigenvalue weighted by Gasteiger charge is -2.27.